The first-order valence-corrected chi connectivity index (χ1v) is 8.64. The van der Waals surface area contributed by atoms with E-state index in [0.717, 1.165) is 22.6 Å². The van der Waals surface area contributed by atoms with Crippen molar-refractivity contribution in [2.45, 2.75) is 12.7 Å². The molecule has 1 aromatic heterocycles. The lowest BCUT2D eigenvalue weighted by atomic mass is 10.1. The molecule has 0 bridgehead atoms. The van der Waals surface area contributed by atoms with Crippen LogP contribution in [0.1, 0.15) is 11.1 Å². The number of benzene rings is 2. The average Bonchev–Trinajstić information content (AvgIpc) is 3.17. The van der Waals surface area contributed by atoms with Gasteiger partial charge in [-0.05, 0) is 30.3 Å². The third kappa shape index (κ3) is 5.38. The predicted molar refractivity (Wildman–Crippen MR) is 96.8 cm³/mol. The Bertz CT molecular complexity index is 971. The molecule has 0 spiro atoms. The van der Waals surface area contributed by atoms with E-state index in [0.29, 0.717) is 6.54 Å². The Kier molecular flexibility index (Phi) is 5.92. The minimum Gasteiger partial charge on any atom is -0.326 e. The lowest BCUT2D eigenvalue weighted by molar-refractivity contribution is -0.885. The van der Waals surface area contributed by atoms with Gasteiger partial charge in [-0.1, -0.05) is 12.1 Å². The van der Waals surface area contributed by atoms with E-state index in [4.69, 9.17) is 0 Å². The number of anilines is 1. The molecule has 29 heavy (non-hydrogen) atoms. The van der Waals surface area contributed by atoms with Crippen molar-refractivity contribution in [2.24, 2.45) is 0 Å². The average molecular weight is 408 g/mol. The molecule has 2 N–H and O–H groups in total. The van der Waals surface area contributed by atoms with Crippen molar-refractivity contribution in [1.82, 2.24) is 14.8 Å². The molecule has 3 rings (SSSR count). The number of nitrogens with zero attached hydrogens (tertiary/aromatic N) is 3. The number of hydrogen-bond acceptors (Lipinski definition) is 3. The van der Waals surface area contributed by atoms with Crippen LogP contribution in [0.4, 0.5) is 23.2 Å². The number of amides is 1. The van der Waals surface area contributed by atoms with Gasteiger partial charge in [-0.2, -0.15) is 18.3 Å². The Morgan fingerprint density at radius 1 is 1.17 bits per heavy atom. The minimum absolute atomic E-state index is 0.00438. The fraction of sp³-hybridized carbons (Fsp3) is 0.211. The minimum atomic E-state index is -4.55. The van der Waals surface area contributed by atoms with E-state index in [1.165, 1.54) is 35.5 Å². The van der Waals surface area contributed by atoms with Gasteiger partial charge in [-0.25, -0.2) is 14.1 Å². The zero-order valence-corrected chi connectivity index (χ0v) is 15.4. The van der Waals surface area contributed by atoms with Crippen LogP contribution in [0, 0.1) is 5.82 Å². The summed E-state index contributed by atoms with van der Waals surface area (Å²) in [6, 6.07) is 8.90. The molecular weight excluding hydrogens is 390 g/mol. The smallest absolute Gasteiger partial charge is 0.326 e. The summed E-state index contributed by atoms with van der Waals surface area (Å²) in [5.74, 6) is -0.820. The molecule has 3 aromatic rings. The standard InChI is InChI=1S/C19H17F4N5O/c1-27(9-13-2-5-15(20)6-3-13)10-18(29)26-16-8-14(19(21,22)23)4-7-17(16)28-12-24-11-25-28/h2-8,11-12H,9-10H2,1H3,(H,26,29)/p+1. The first-order chi connectivity index (χ1) is 13.7. The molecule has 0 fully saturated rings. The van der Waals surface area contributed by atoms with Crippen LogP contribution in [0.25, 0.3) is 5.69 Å². The summed E-state index contributed by atoms with van der Waals surface area (Å²) >= 11 is 0. The second-order valence-corrected chi connectivity index (χ2v) is 6.56. The molecule has 2 aromatic carbocycles. The van der Waals surface area contributed by atoms with Gasteiger partial charge in [0.1, 0.15) is 25.0 Å². The molecule has 6 nitrogen and oxygen atoms in total. The zero-order chi connectivity index (χ0) is 21.0. The van der Waals surface area contributed by atoms with Gasteiger partial charge in [0.05, 0.1) is 24.0 Å². The van der Waals surface area contributed by atoms with Crippen molar-refractivity contribution >= 4 is 11.6 Å². The van der Waals surface area contributed by atoms with Gasteiger partial charge in [0.25, 0.3) is 5.91 Å². The summed E-state index contributed by atoms with van der Waals surface area (Å²) in [7, 11) is 1.76. The van der Waals surface area contributed by atoms with Crippen LogP contribution in [-0.4, -0.2) is 34.3 Å². The third-order valence-corrected chi connectivity index (χ3v) is 4.15. The summed E-state index contributed by atoms with van der Waals surface area (Å²) < 4.78 is 53.5. The number of aromatic nitrogens is 3. The van der Waals surface area contributed by atoms with E-state index in [1.54, 1.807) is 19.2 Å². The highest BCUT2D eigenvalue weighted by atomic mass is 19.4. The molecule has 0 aliphatic carbocycles. The molecule has 0 saturated heterocycles. The van der Waals surface area contributed by atoms with Crippen LogP contribution >= 0.6 is 0 Å². The number of quaternary nitrogens is 1. The second kappa shape index (κ2) is 8.39. The number of nitrogens with one attached hydrogen (secondary N) is 2. The highest BCUT2D eigenvalue weighted by Gasteiger charge is 2.31. The maximum Gasteiger partial charge on any atom is 0.416 e. The van der Waals surface area contributed by atoms with Crippen molar-refractivity contribution in [1.29, 1.82) is 0 Å². The Hall–Kier alpha value is -3.27. The molecule has 152 valence electrons. The SMILES string of the molecule is C[NH+](CC(=O)Nc1cc(C(F)(F)F)ccc1-n1cncn1)Cc1ccc(F)cc1. The molecule has 1 atom stereocenters. The van der Waals surface area contributed by atoms with Gasteiger partial charge in [0.2, 0.25) is 0 Å². The monoisotopic (exact) mass is 408 g/mol. The summed E-state index contributed by atoms with van der Waals surface area (Å²) in [5, 5.41) is 6.44. The number of hydrogen-bond donors (Lipinski definition) is 2. The van der Waals surface area contributed by atoms with E-state index < -0.39 is 17.6 Å². The van der Waals surface area contributed by atoms with Crippen LogP contribution < -0.4 is 10.2 Å². The molecule has 0 aliphatic heterocycles. The van der Waals surface area contributed by atoms with Crippen LogP contribution in [0.15, 0.2) is 55.1 Å². The molecule has 0 aliphatic rings. The highest BCUT2D eigenvalue weighted by Crippen LogP contribution is 2.33. The maximum absolute atomic E-state index is 13.1. The number of halogens is 4. The molecular formula is C19H18F4N5O+. The summed E-state index contributed by atoms with van der Waals surface area (Å²) in [6.45, 7) is 0.455. The van der Waals surface area contributed by atoms with E-state index in [2.05, 4.69) is 15.4 Å². The molecule has 0 radical (unpaired) electrons. The molecule has 1 amide bonds. The number of likely N-dealkylation sites (N-methyl/N-ethyl adjacent to an activating group) is 1. The van der Waals surface area contributed by atoms with E-state index in [1.807, 2.05) is 0 Å². The zero-order valence-electron chi connectivity index (χ0n) is 15.4. The van der Waals surface area contributed by atoms with Crippen LogP contribution in [0.5, 0.6) is 0 Å². The van der Waals surface area contributed by atoms with Crippen LogP contribution in [-0.2, 0) is 17.5 Å². The van der Waals surface area contributed by atoms with Crippen LogP contribution in [0.3, 0.4) is 0 Å². The number of alkyl halides is 3. The van der Waals surface area contributed by atoms with Gasteiger partial charge in [-0.3, -0.25) is 4.79 Å². The maximum atomic E-state index is 13.1. The lowest BCUT2D eigenvalue weighted by Gasteiger charge is -2.16. The van der Waals surface area contributed by atoms with E-state index >= 15 is 0 Å². The fourth-order valence-corrected chi connectivity index (χ4v) is 2.83. The lowest BCUT2D eigenvalue weighted by Crippen LogP contribution is -3.08. The molecule has 1 unspecified atom stereocenters. The summed E-state index contributed by atoms with van der Waals surface area (Å²) in [6.07, 6.45) is -1.99. The number of rotatable bonds is 6. The van der Waals surface area contributed by atoms with Gasteiger partial charge < -0.3 is 10.2 Å². The fourth-order valence-electron chi connectivity index (χ4n) is 2.83. The molecule has 0 saturated carbocycles. The quantitative estimate of drug-likeness (QED) is 0.614. The Balaban J connectivity index is 1.75. The van der Waals surface area contributed by atoms with Crippen molar-refractivity contribution in [2.75, 3.05) is 18.9 Å². The first-order valence-electron chi connectivity index (χ1n) is 8.64. The summed E-state index contributed by atoms with van der Waals surface area (Å²) in [5.41, 5.74) is 0.188. The van der Waals surface area contributed by atoms with Crippen molar-refractivity contribution in [3.8, 4) is 5.69 Å². The van der Waals surface area contributed by atoms with E-state index in [-0.39, 0.29) is 23.7 Å². The van der Waals surface area contributed by atoms with Crippen molar-refractivity contribution in [3.63, 3.8) is 0 Å². The highest BCUT2D eigenvalue weighted by molar-refractivity contribution is 5.93. The van der Waals surface area contributed by atoms with E-state index in [9.17, 15) is 22.4 Å². The van der Waals surface area contributed by atoms with Gasteiger partial charge >= 0.3 is 6.18 Å². The topological polar surface area (TPSA) is 64.2 Å². The normalized spacial score (nSPS) is 12.6. The predicted octanol–water partition coefficient (Wildman–Crippen LogP) is 2.08. The van der Waals surface area contributed by atoms with Gasteiger partial charge in [0, 0.05) is 5.56 Å². The number of carbonyl (C=O) groups is 1. The molecule has 1 heterocycles. The van der Waals surface area contributed by atoms with Gasteiger partial charge in [-0.15, -0.1) is 0 Å². The Morgan fingerprint density at radius 3 is 2.52 bits per heavy atom. The Morgan fingerprint density at radius 2 is 1.90 bits per heavy atom. The Labute approximate surface area is 163 Å². The van der Waals surface area contributed by atoms with Crippen molar-refractivity contribution in [3.05, 3.63) is 72.1 Å². The van der Waals surface area contributed by atoms with Crippen molar-refractivity contribution < 1.29 is 27.3 Å². The first kappa shape index (κ1) is 20.5. The number of carbonyl (C=O) groups excluding carboxylic acids is 1. The third-order valence-electron chi connectivity index (χ3n) is 4.15. The second-order valence-electron chi connectivity index (χ2n) is 6.56. The molecule has 10 heteroatoms. The summed E-state index contributed by atoms with van der Waals surface area (Å²) in [4.78, 5) is 17.0. The van der Waals surface area contributed by atoms with Crippen LogP contribution in [0.2, 0.25) is 0 Å². The van der Waals surface area contributed by atoms with Gasteiger partial charge in [0.15, 0.2) is 6.54 Å². The largest absolute Gasteiger partial charge is 0.416 e.